The number of nitrogens with one attached hydrogen (secondary N) is 3. The molecule has 0 aliphatic rings. The largest absolute Gasteiger partial charge is 0.457 e. The number of anilines is 2. The van der Waals surface area contributed by atoms with E-state index in [9.17, 15) is 9.59 Å². The van der Waals surface area contributed by atoms with Crippen molar-refractivity contribution in [3.8, 4) is 11.5 Å². The van der Waals surface area contributed by atoms with Crippen LogP contribution in [0.2, 0.25) is 0 Å². The molecule has 0 saturated carbocycles. The van der Waals surface area contributed by atoms with Crippen LogP contribution in [0.15, 0.2) is 73.2 Å². The number of pyridine rings is 1. The number of fused-ring (bicyclic) bond motifs is 1. The number of hydrogen-bond acceptors (Lipinski definition) is 6. The number of benzene rings is 2. The highest BCUT2D eigenvalue weighted by Crippen LogP contribution is 2.23. The summed E-state index contributed by atoms with van der Waals surface area (Å²) in [5, 5.41) is 8.04. The first-order chi connectivity index (χ1) is 15.1. The molecule has 0 radical (unpaired) electrons. The van der Waals surface area contributed by atoms with Crippen LogP contribution in [0.5, 0.6) is 11.5 Å². The maximum Gasteiger partial charge on any atom is 0.323 e. The minimum absolute atomic E-state index is 0.259. The molecule has 0 aliphatic heterocycles. The van der Waals surface area contributed by atoms with Crippen molar-refractivity contribution in [3.05, 3.63) is 78.9 Å². The lowest BCUT2D eigenvalue weighted by Crippen LogP contribution is -2.19. The van der Waals surface area contributed by atoms with Crippen LogP contribution in [-0.4, -0.2) is 33.9 Å². The van der Waals surface area contributed by atoms with Crippen LogP contribution in [0.4, 0.5) is 16.2 Å². The number of amides is 3. The smallest absolute Gasteiger partial charge is 0.323 e. The molecule has 31 heavy (non-hydrogen) atoms. The monoisotopic (exact) mass is 414 g/mol. The molecule has 0 aliphatic carbocycles. The molecule has 3 N–H and O–H groups in total. The molecule has 2 aromatic carbocycles. The van der Waals surface area contributed by atoms with Crippen LogP contribution in [0.3, 0.4) is 0 Å². The van der Waals surface area contributed by atoms with Crippen LogP contribution in [0.1, 0.15) is 10.5 Å². The van der Waals surface area contributed by atoms with E-state index < -0.39 is 0 Å². The highest BCUT2D eigenvalue weighted by atomic mass is 16.5. The number of aromatic nitrogens is 3. The van der Waals surface area contributed by atoms with Crippen molar-refractivity contribution in [2.24, 2.45) is 0 Å². The van der Waals surface area contributed by atoms with E-state index in [4.69, 9.17) is 4.74 Å². The van der Waals surface area contributed by atoms with E-state index in [1.807, 2.05) is 0 Å². The maximum atomic E-state index is 12.3. The molecule has 2 heterocycles. The topological polar surface area (TPSA) is 118 Å². The van der Waals surface area contributed by atoms with E-state index in [0.29, 0.717) is 28.4 Å². The minimum Gasteiger partial charge on any atom is -0.457 e. The molecule has 154 valence electrons. The molecular weight excluding hydrogens is 396 g/mol. The zero-order valence-corrected chi connectivity index (χ0v) is 16.5. The fourth-order valence-corrected chi connectivity index (χ4v) is 2.80. The first kappa shape index (κ1) is 19.8. The average molecular weight is 414 g/mol. The van der Waals surface area contributed by atoms with Gasteiger partial charge in [-0.1, -0.05) is 0 Å². The molecule has 0 saturated heterocycles. The van der Waals surface area contributed by atoms with Gasteiger partial charge in [-0.15, -0.1) is 0 Å². The number of hydrogen-bond donors (Lipinski definition) is 3. The molecule has 0 unspecified atom stereocenters. The van der Waals surface area contributed by atoms with Gasteiger partial charge in [-0.05, 0) is 48.5 Å². The third-order valence-electron chi connectivity index (χ3n) is 4.27. The Morgan fingerprint density at radius 2 is 1.45 bits per heavy atom. The molecule has 0 atom stereocenters. The maximum absolute atomic E-state index is 12.3. The molecule has 4 aromatic rings. The van der Waals surface area contributed by atoms with Gasteiger partial charge in [0.05, 0.1) is 11.0 Å². The van der Waals surface area contributed by atoms with Gasteiger partial charge in [0.15, 0.2) is 0 Å². The molecule has 9 heteroatoms. The first-order valence-electron chi connectivity index (χ1n) is 9.35. The van der Waals surface area contributed by atoms with Crippen LogP contribution in [0, 0.1) is 0 Å². The van der Waals surface area contributed by atoms with Gasteiger partial charge >= 0.3 is 6.03 Å². The molecule has 0 spiro atoms. The molecule has 3 amide bonds. The zero-order chi connectivity index (χ0) is 21.6. The summed E-state index contributed by atoms with van der Waals surface area (Å²) in [6, 6.07) is 15.0. The summed E-state index contributed by atoms with van der Waals surface area (Å²) in [7, 11) is 1.54. The van der Waals surface area contributed by atoms with Crippen molar-refractivity contribution in [1.29, 1.82) is 0 Å². The van der Waals surface area contributed by atoms with Gasteiger partial charge in [0.2, 0.25) is 0 Å². The summed E-state index contributed by atoms with van der Waals surface area (Å²) in [4.78, 5) is 36.4. The number of ether oxygens (including phenoxy) is 1. The lowest BCUT2D eigenvalue weighted by molar-refractivity contribution is 0.0958. The van der Waals surface area contributed by atoms with E-state index >= 15 is 0 Å². The number of nitrogens with zero attached hydrogens (tertiary/aromatic N) is 3. The fraction of sp³-hybridized carbons (Fsp3) is 0.0455. The highest BCUT2D eigenvalue weighted by molar-refractivity contribution is 6.00. The third-order valence-corrected chi connectivity index (χ3v) is 4.27. The lowest BCUT2D eigenvalue weighted by atomic mass is 10.2. The fourth-order valence-electron chi connectivity index (χ4n) is 2.80. The van der Waals surface area contributed by atoms with Gasteiger partial charge in [-0.3, -0.25) is 19.7 Å². The van der Waals surface area contributed by atoms with E-state index in [-0.39, 0.29) is 17.6 Å². The Morgan fingerprint density at radius 1 is 0.742 bits per heavy atom. The van der Waals surface area contributed by atoms with Crippen LogP contribution in [0.25, 0.3) is 11.0 Å². The molecular formula is C22H18N6O3. The van der Waals surface area contributed by atoms with Gasteiger partial charge in [-0.2, -0.15) is 0 Å². The molecule has 4 rings (SSSR count). The van der Waals surface area contributed by atoms with Crippen molar-refractivity contribution in [2.75, 3.05) is 17.7 Å². The molecule has 0 fully saturated rings. The van der Waals surface area contributed by atoms with E-state index in [1.54, 1.807) is 67.0 Å². The lowest BCUT2D eigenvalue weighted by Gasteiger charge is -2.10. The Balaban J connectivity index is 1.37. The van der Waals surface area contributed by atoms with Crippen molar-refractivity contribution < 1.29 is 14.3 Å². The number of carbonyl (C=O) groups is 2. The van der Waals surface area contributed by atoms with Gasteiger partial charge in [0.1, 0.15) is 17.2 Å². The minimum atomic E-state index is -0.388. The predicted octanol–water partition coefficient (Wildman–Crippen LogP) is 3.82. The first-order valence-corrected chi connectivity index (χ1v) is 9.35. The van der Waals surface area contributed by atoms with Gasteiger partial charge in [-0.25, -0.2) is 4.79 Å². The summed E-state index contributed by atoms with van der Waals surface area (Å²) in [5.41, 5.74) is 2.90. The summed E-state index contributed by atoms with van der Waals surface area (Å²) < 4.78 is 5.75. The van der Waals surface area contributed by atoms with Crippen LogP contribution >= 0.6 is 0 Å². The third kappa shape index (κ3) is 4.91. The Kier molecular flexibility index (Phi) is 5.66. The molecule has 9 nitrogen and oxygen atoms in total. The SMILES string of the molecule is CNC(=O)c1cc(Oc2ccc(NC(=O)Nc3ccc4nccnc4c3)cc2)ccn1. The van der Waals surface area contributed by atoms with Crippen LogP contribution < -0.4 is 20.7 Å². The summed E-state index contributed by atoms with van der Waals surface area (Å²) in [6.45, 7) is 0. The number of urea groups is 1. The molecule has 2 aromatic heterocycles. The summed E-state index contributed by atoms with van der Waals surface area (Å²) in [5.74, 6) is 0.731. The van der Waals surface area contributed by atoms with Crippen molar-refractivity contribution in [1.82, 2.24) is 20.3 Å². The Bertz CT molecular complexity index is 1240. The second-order valence-electron chi connectivity index (χ2n) is 6.42. The standard InChI is InChI=1S/C22H18N6O3/c1-23-21(29)20-13-17(8-9-24-20)31-16-5-2-14(3-6-16)27-22(30)28-15-4-7-18-19(12-15)26-11-10-25-18/h2-13H,1H3,(H,23,29)(H2,27,28,30). The van der Waals surface area contributed by atoms with Gasteiger partial charge in [0, 0.05) is 43.1 Å². The van der Waals surface area contributed by atoms with Crippen molar-refractivity contribution >= 4 is 34.3 Å². The second kappa shape index (κ2) is 8.87. The Morgan fingerprint density at radius 3 is 2.23 bits per heavy atom. The quantitative estimate of drug-likeness (QED) is 0.457. The van der Waals surface area contributed by atoms with E-state index in [0.717, 1.165) is 5.52 Å². The normalized spacial score (nSPS) is 10.4. The summed E-state index contributed by atoms with van der Waals surface area (Å²) in [6.07, 6.45) is 4.71. The van der Waals surface area contributed by atoms with Crippen LogP contribution in [-0.2, 0) is 0 Å². The zero-order valence-electron chi connectivity index (χ0n) is 16.5. The predicted molar refractivity (Wildman–Crippen MR) is 116 cm³/mol. The van der Waals surface area contributed by atoms with Gasteiger partial charge in [0.25, 0.3) is 5.91 Å². The number of carbonyl (C=O) groups excluding carboxylic acids is 2. The Hall–Kier alpha value is -4.53. The molecule has 0 bridgehead atoms. The summed E-state index contributed by atoms with van der Waals surface area (Å²) >= 11 is 0. The van der Waals surface area contributed by atoms with Crippen molar-refractivity contribution in [3.63, 3.8) is 0 Å². The Labute approximate surface area is 177 Å². The number of rotatable bonds is 5. The highest BCUT2D eigenvalue weighted by Gasteiger charge is 2.08. The van der Waals surface area contributed by atoms with Gasteiger partial charge < -0.3 is 20.7 Å². The van der Waals surface area contributed by atoms with Crippen molar-refractivity contribution in [2.45, 2.75) is 0 Å². The average Bonchev–Trinajstić information content (AvgIpc) is 2.80. The van der Waals surface area contributed by atoms with E-state index in [1.165, 1.54) is 13.2 Å². The second-order valence-corrected chi connectivity index (χ2v) is 6.42. The van der Waals surface area contributed by atoms with E-state index in [2.05, 4.69) is 30.9 Å².